The zero-order valence-electron chi connectivity index (χ0n) is 15.5. The summed E-state index contributed by atoms with van der Waals surface area (Å²) in [5.74, 6) is -0.655. The SMILES string of the molecule is CSc1nc2c(c(OS(=O)(=O)C(F)(F)F)n1)COC(c1cccc3ccccc13)C2. The number of aromatic nitrogens is 2. The fourth-order valence-corrected chi connectivity index (χ4v) is 4.08. The predicted octanol–water partition coefficient (Wildman–Crippen LogP) is 4.39. The van der Waals surface area contributed by atoms with Gasteiger partial charge in [0.25, 0.3) is 0 Å². The molecule has 1 aliphatic rings. The third-order valence-corrected chi connectivity index (χ3v) is 6.16. The van der Waals surface area contributed by atoms with Crippen molar-refractivity contribution in [2.24, 2.45) is 0 Å². The Kier molecular flexibility index (Phi) is 5.37. The maximum Gasteiger partial charge on any atom is 0.534 e. The normalized spacial score (nSPS) is 17.0. The molecule has 1 aliphatic heterocycles. The highest BCUT2D eigenvalue weighted by molar-refractivity contribution is 7.98. The lowest BCUT2D eigenvalue weighted by molar-refractivity contribution is -0.0503. The number of nitrogens with zero attached hydrogens (tertiary/aromatic N) is 2. The maximum absolute atomic E-state index is 12.8. The molecular weight excluding hydrogens is 441 g/mol. The van der Waals surface area contributed by atoms with Crippen LogP contribution in [0, 0.1) is 0 Å². The van der Waals surface area contributed by atoms with Gasteiger partial charge in [-0.3, -0.25) is 0 Å². The summed E-state index contributed by atoms with van der Waals surface area (Å²) >= 11 is 1.07. The summed E-state index contributed by atoms with van der Waals surface area (Å²) in [6.07, 6.45) is 1.47. The number of thioether (sulfide) groups is 1. The second-order valence-corrected chi connectivity index (χ2v) is 8.81. The van der Waals surface area contributed by atoms with E-state index in [0.29, 0.717) is 5.69 Å². The second kappa shape index (κ2) is 7.71. The molecule has 11 heteroatoms. The molecule has 6 nitrogen and oxygen atoms in total. The van der Waals surface area contributed by atoms with E-state index >= 15 is 0 Å². The average molecular weight is 456 g/mol. The summed E-state index contributed by atoms with van der Waals surface area (Å²) in [5, 5.41) is 2.13. The highest BCUT2D eigenvalue weighted by Crippen LogP contribution is 2.38. The summed E-state index contributed by atoms with van der Waals surface area (Å²) in [5.41, 5.74) is -4.16. The van der Waals surface area contributed by atoms with E-state index in [1.807, 2.05) is 42.5 Å². The van der Waals surface area contributed by atoms with Gasteiger partial charge in [0, 0.05) is 6.42 Å². The Bertz CT molecular complexity index is 1210. The van der Waals surface area contributed by atoms with Crippen LogP contribution in [0.1, 0.15) is 22.9 Å². The fraction of sp³-hybridized carbons (Fsp3) is 0.263. The van der Waals surface area contributed by atoms with Gasteiger partial charge in [-0.2, -0.15) is 26.6 Å². The number of halogens is 3. The smallest absolute Gasteiger partial charge is 0.368 e. The number of hydrogen-bond acceptors (Lipinski definition) is 7. The van der Waals surface area contributed by atoms with Gasteiger partial charge < -0.3 is 8.92 Å². The summed E-state index contributed by atoms with van der Waals surface area (Å²) in [6.45, 7) is -0.180. The lowest BCUT2D eigenvalue weighted by atomic mass is 9.95. The predicted molar refractivity (Wildman–Crippen MR) is 105 cm³/mol. The first-order valence-electron chi connectivity index (χ1n) is 8.73. The largest absolute Gasteiger partial charge is 0.534 e. The summed E-state index contributed by atoms with van der Waals surface area (Å²) in [6, 6.07) is 13.5. The maximum atomic E-state index is 12.8. The van der Waals surface area contributed by atoms with Crippen LogP contribution in [-0.2, 0) is 27.9 Å². The van der Waals surface area contributed by atoms with Crippen molar-refractivity contribution in [1.29, 1.82) is 0 Å². The molecule has 0 saturated carbocycles. The van der Waals surface area contributed by atoms with Gasteiger partial charge in [0.15, 0.2) is 5.16 Å². The molecule has 0 radical (unpaired) electrons. The van der Waals surface area contributed by atoms with E-state index < -0.39 is 27.6 Å². The van der Waals surface area contributed by atoms with Gasteiger partial charge in [-0.15, -0.1) is 0 Å². The Hall–Kier alpha value is -2.37. The Morgan fingerprint density at radius 2 is 1.87 bits per heavy atom. The molecule has 3 aromatic rings. The number of alkyl halides is 3. The highest BCUT2D eigenvalue weighted by Gasteiger charge is 2.49. The number of fused-ring (bicyclic) bond motifs is 2. The molecule has 2 heterocycles. The van der Waals surface area contributed by atoms with Crippen molar-refractivity contribution in [2.75, 3.05) is 6.26 Å². The Labute approximate surface area is 174 Å². The number of benzene rings is 2. The monoisotopic (exact) mass is 456 g/mol. The minimum Gasteiger partial charge on any atom is -0.368 e. The molecule has 1 aromatic heterocycles. The summed E-state index contributed by atoms with van der Waals surface area (Å²) < 4.78 is 71.5. The summed E-state index contributed by atoms with van der Waals surface area (Å²) in [7, 11) is -5.86. The molecule has 0 fully saturated rings. The van der Waals surface area contributed by atoms with Crippen LogP contribution in [0.4, 0.5) is 13.2 Å². The van der Waals surface area contributed by atoms with Gasteiger partial charge in [-0.05, 0) is 22.6 Å². The number of ether oxygens (including phenoxy) is 1. The minimum atomic E-state index is -5.86. The Morgan fingerprint density at radius 3 is 2.60 bits per heavy atom. The molecule has 4 rings (SSSR count). The molecule has 0 amide bonds. The molecule has 1 unspecified atom stereocenters. The van der Waals surface area contributed by atoms with Crippen molar-refractivity contribution in [3.05, 3.63) is 59.3 Å². The molecule has 0 saturated heterocycles. The van der Waals surface area contributed by atoms with Crippen molar-refractivity contribution in [3.63, 3.8) is 0 Å². The van der Waals surface area contributed by atoms with Gasteiger partial charge in [0.1, 0.15) is 0 Å². The molecular formula is C19H15F3N2O4S2. The zero-order chi connectivity index (χ0) is 21.5. The van der Waals surface area contributed by atoms with Crippen LogP contribution in [0.15, 0.2) is 47.6 Å². The van der Waals surface area contributed by atoms with Crippen molar-refractivity contribution >= 4 is 32.7 Å². The zero-order valence-corrected chi connectivity index (χ0v) is 17.1. The van der Waals surface area contributed by atoms with Gasteiger partial charge in [-0.1, -0.05) is 54.2 Å². The molecule has 0 bridgehead atoms. The average Bonchev–Trinajstić information content (AvgIpc) is 2.71. The van der Waals surface area contributed by atoms with Gasteiger partial charge in [0.05, 0.1) is 24.0 Å². The molecule has 2 aromatic carbocycles. The third kappa shape index (κ3) is 3.84. The standard InChI is InChI=1S/C19H15F3N2O4S2/c1-29-18-23-15-9-16(13-8-4-6-11-5-2-3-7-12(11)13)27-10-14(15)17(24-18)28-30(25,26)19(20,21)22/h2-8,16H,9-10H2,1H3. The van der Waals surface area contributed by atoms with Crippen LogP contribution >= 0.6 is 11.8 Å². The first kappa shape index (κ1) is 20.9. The molecule has 1 atom stereocenters. The van der Waals surface area contributed by atoms with E-state index in [4.69, 9.17) is 4.74 Å². The number of rotatable bonds is 4. The fourth-order valence-electron chi connectivity index (χ4n) is 3.26. The number of hydrogen-bond donors (Lipinski definition) is 0. The van der Waals surface area contributed by atoms with Gasteiger partial charge in [-0.25, -0.2) is 4.98 Å². The molecule has 0 aliphatic carbocycles. The van der Waals surface area contributed by atoms with Crippen LogP contribution in [0.25, 0.3) is 10.8 Å². The van der Waals surface area contributed by atoms with Crippen LogP contribution in [0.2, 0.25) is 0 Å². The lowest BCUT2D eigenvalue weighted by Gasteiger charge is -2.27. The lowest BCUT2D eigenvalue weighted by Crippen LogP contribution is -2.29. The van der Waals surface area contributed by atoms with E-state index in [1.54, 1.807) is 6.26 Å². The topological polar surface area (TPSA) is 78.4 Å². The van der Waals surface area contributed by atoms with Gasteiger partial charge >= 0.3 is 15.6 Å². The van der Waals surface area contributed by atoms with Crippen molar-refractivity contribution in [2.45, 2.75) is 29.8 Å². The van der Waals surface area contributed by atoms with Crippen LogP contribution < -0.4 is 4.18 Å². The summed E-state index contributed by atoms with van der Waals surface area (Å²) in [4.78, 5) is 8.18. The van der Waals surface area contributed by atoms with E-state index in [9.17, 15) is 21.6 Å². The highest BCUT2D eigenvalue weighted by atomic mass is 32.2. The minimum absolute atomic E-state index is 0.0945. The second-order valence-electron chi connectivity index (χ2n) is 6.50. The van der Waals surface area contributed by atoms with E-state index in [1.165, 1.54) is 0 Å². The van der Waals surface area contributed by atoms with Gasteiger partial charge in [0.2, 0.25) is 5.88 Å². The molecule has 30 heavy (non-hydrogen) atoms. The molecule has 0 spiro atoms. The Morgan fingerprint density at radius 1 is 1.13 bits per heavy atom. The van der Waals surface area contributed by atoms with Crippen LogP contribution in [-0.4, -0.2) is 30.1 Å². The third-order valence-electron chi connectivity index (χ3n) is 4.67. The van der Waals surface area contributed by atoms with Crippen molar-refractivity contribution in [3.8, 4) is 5.88 Å². The van der Waals surface area contributed by atoms with E-state index in [-0.39, 0.29) is 23.7 Å². The van der Waals surface area contributed by atoms with E-state index in [0.717, 1.165) is 28.1 Å². The van der Waals surface area contributed by atoms with Crippen molar-refractivity contribution in [1.82, 2.24) is 9.97 Å². The molecule has 0 N–H and O–H groups in total. The first-order valence-corrected chi connectivity index (χ1v) is 11.4. The Balaban J connectivity index is 1.73. The molecule has 158 valence electrons. The quantitative estimate of drug-likeness (QED) is 0.249. The van der Waals surface area contributed by atoms with Crippen LogP contribution in [0.3, 0.4) is 0 Å². The van der Waals surface area contributed by atoms with Crippen molar-refractivity contribution < 1.29 is 30.5 Å². The first-order chi connectivity index (χ1) is 14.2. The van der Waals surface area contributed by atoms with E-state index in [2.05, 4.69) is 14.2 Å². The van der Waals surface area contributed by atoms with Crippen LogP contribution in [0.5, 0.6) is 5.88 Å².